The van der Waals surface area contributed by atoms with Gasteiger partial charge < -0.3 is 45.2 Å². The summed E-state index contributed by atoms with van der Waals surface area (Å²) in [4.78, 5) is 30.6. The smallest absolute Gasteiger partial charge is 0.430 e. The second kappa shape index (κ2) is 14.4. The minimum absolute atomic E-state index is 0.206. The predicted molar refractivity (Wildman–Crippen MR) is 138 cm³/mol. The average molecular weight is 673 g/mol. The molecule has 0 saturated heterocycles. The lowest BCUT2D eigenvalue weighted by molar-refractivity contribution is -0.372. The van der Waals surface area contributed by atoms with E-state index in [-0.39, 0.29) is 15.3 Å². The number of alkyl halides is 3. The van der Waals surface area contributed by atoms with Crippen LogP contribution in [0.25, 0.3) is 10.1 Å². The molecule has 2 unspecified atom stereocenters. The number of aryl methyl sites for hydroxylation is 1. The number of nitrogens with one attached hydrogen (secondary N) is 1. The van der Waals surface area contributed by atoms with E-state index >= 15 is 0 Å². The third-order valence-corrected chi connectivity index (χ3v) is 9.81. The summed E-state index contributed by atoms with van der Waals surface area (Å²) in [5.74, 6) is -5.46. The van der Waals surface area contributed by atoms with Crippen molar-refractivity contribution in [3.05, 3.63) is 52.8 Å². The van der Waals surface area contributed by atoms with Gasteiger partial charge in [0.15, 0.2) is 19.1 Å². The van der Waals surface area contributed by atoms with Crippen molar-refractivity contribution in [1.29, 1.82) is 5.26 Å². The summed E-state index contributed by atoms with van der Waals surface area (Å²) in [5, 5.41) is 18.2. The molecular weight excluding hydrogens is 647 g/mol. The summed E-state index contributed by atoms with van der Waals surface area (Å²) in [6.07, 6.45) is -5.19. The maximum atomic E-state index is 14.1. The molecule has 13 nitrogen and oxygen atoms in total. The number of hydrogen-bond acceptors (Lipinski definition) is 10. The number of sulfonamides is 1. The molecule has 8 N–H and O–H groups in total. The number of hydrogen-bond donors (Lipinski definition) is 4. The van der Waals surface area contributed by atoms with Crippen LogP contribution in [0.2, 0.25) is 0 Å². The highest BCUT2D eigenvalue weighted by atomic mass is 32.2. The third-order valence-electron chi connectivity index (χ3n) is 5.26. The second-order valence-corrected chi connectivity index (χ2v) is 13.0. The van der Waals surface area contributed by atoms with Crippen molar-refractivity contribution in [2.45, 2.75) is 23.1 Å². The Morgan fingerprint density at radius 1 is 1.19 bits per heavy atom. The zero-order valence-corrected chi connectivity index (χ0v) is 24.7. The lowest BCUT2D eigenvalue weighted by Crippen LogP contribution is -2.53. The van der Waals surface area contributed by atoms with E-state index in [0.717, 1.165) is 23.5 Å². The van der Waals surface area contributed by atoms with Crippen molar-refractivity contribution < 1.29 is 71.2 Å². The van der Waals surface area contributed by atoms with Gasteiger partial charge in [-0.15, -0.1) is 11.3 Å². The molecule has 0 amide bonds. The molecule has 2 atom stereocenters. The fraction of sp³-hybridized carbons (Fsp3) is 0.304. The maximum absolute atomic E-state index is 14.1. The van der Waals surface area contributed by atoms with Gasteiger partial charge in [-0.3, -0.25) is 0 Å². The maximum Gasteiger partial charge on any atom is 0.430 e. The van der Waals surface area contributed by atoms with Gasteiger partial charge in [-0.25, -0.2) is 12.8 Å². The molecular formula is C23H25F4N4O9PS2. The van der Waals surface area contributed by atoms with E-state index < -0.39 is 41.4 Å². The number of carboxylic acid groups (broad SMARTS) is 1. The van der Waals surface area contributed by atoms with Crippen molar-refractivity contribution in [2.24, 2.45) is 0 Å². The average Bonchev–Trinajstić information content (AvgIpc) is 3.24. The molecule has 3 aromatic rings. The van der Waals surface area contributed by atoms with Crippen LogP contribution in [0, 0.1) is 24.1 Å². The number of carbonyl (C=O) groups is 1. The summed E-state index contributed by atoms with van der Waals surface area (Å²) in [5.41, 5.74) is 7.01. The highest BCUT2D eigenvalue weighted by molar-refractivity contribution is 7.92. The van der Waals surface area contributed by atoms with Crippen molar-refractivity contribution >= 4 is 45.0 Å². The molecule has 0 spiro atoms. The summed E-state index contributed by atoms with van der Waals surface area (Å²) in [6.45, 7) is 3.14. The van der Waals surface area contributed by atoms with Crippen LogP contribution in [0.4, 0.5) is 17.6 Å². The fourth-order valence-electron chi connectivity index (χ4n) is 3.37. The number of quaternary nitrogens is 2. The lowest BCUT2D eigenvalue weighted by Gasteiger charge is -2.28. The molecule has 0 bridgehead atoms. The standard InChI is InChI=1S/C21H24FN4O7PS2.C2HF3O2/c1-12-15-9-17(32-6-4-23)18(33-7-5-24)10-19(15)35-21(12)36(30,31)26-20(34(27,28)29)13-2-3-14(11-25)16(22)8-13;3-2(4,5)1(6)7/h2-3,8-10,20,26H,4-7,23-24H2,1H3,(H2,27,28,29);(H,6,7). The van der Waals surface area contributed by atoms with E-state index in [0.29, 0.717) is 59.5 Å². The number of carboxylic acids is 1. The first kappa shape index (κ1) is 35.9. The van der Waals surface area contributed by atoms with Crippen molar-refractivity contribution in [3.63, 3.8) is 0 Å². The Kier molecular flexibility index (Phi) is 12.0. The first-order chi connectivity index (χ1) is 19.9. The number of rotatable bonds is 11. The zero-order valence-electron chi connectivity index (χ0n) is 22.1. The Hall–Kier alpha value is -3.34. The van der Waals surface area contributed by atoms with Crippen LogP contribution in [0.3, 0.4) is 0 Å². The number of fused-ring (bicyclic) bond motifs is 1. The van der Waals surface area contributed by atoms with Crippen molar-refractivity contribution in [1.82, 2.24) is 4.72 Å². The molecule has 2 aromatic carbocycles. The number of nitriles is 1. The molecule has 0 radical (unpaired) electrons. The SMILES string of the molecule is Cc1c(S(=O)(=O)NC(c2ccc(C#N)c(F)c2)P(=O)([O-])O)sc2cc(OCC[NH3+])c(OCC[NH3+])cc12.O=C([O-])C(F)(F)F. The molecule has 0 aliphatic carbocycles. The van der Waals surface area contributed by atoms with E-state index in [4.69, 9.17) is 24.6 Å². The van der Waals surface area contributed by atoms with Crippen LogP contribution in [0.1, 0.15) is 22.5 Å². The zero-order chi connectivity index (χ0) is 32.8. The predicted octanol–water partition coefficient (Wildman–Crippen LogP) is -0.717. The summed E-state index contributed by atoms with van der Waals surface area (Å²) < 4.78 is 98.0. The minimum atomic E-state index is -5.39. The van der Waals surface area contributed by atoms with Gasteiger partial charge in [-0.05, 0) is 36.2 Å². The van der Waals surface area contributed by atoms with Crippen LogP contribution < -0.4 is 35.7 Å². The Labute approximate surface area is 245 Å². The Balaban J connectivity index is 0.000000821. The molecule has 0 aliphatic heterocycles. The number of aliphatic carboxylic acids is 1. The molecule has 236 valence electrons. The van der Waals surface area contributed by atoms with Crippen LogP contribution >= 0.6 is 18.9 Å². The van der Waals surface area contributed by atoms with Crippen LogP contribution in [0.15, 0.2) is 34.5 Å². The second-order valence-electron chi connectivity index (χ2n) is 8.44. The minimum Gasteiger partial charge on any atom is -0.777 e. The molecule has 1 heterocycles. The van der Waals surface area contributed by atoms with Gasteiger partial charge in [0, 0.05) is 16.2 Å². The van der Waals surface area contributed by atoms with Gasteiger partial charge in [0.25, 0.3) is 10.0 Å². The summed E-state index contributed by atoms with van der Waals surface area (Å²) in [7, 11) is -9.91. The summed E-state index contributed by atoms with van der Waals surface area (Å²) in [6, 6.07) is 7.56. The summed E-state index contributed by atoms with van der Waals surface area (Å²) >= 11 is 0.864. The molecule has 0 saturated carbocycles. The van der Waals surface area contributed by atoms with Crippen LogP contribution in [-0.4, -0.2) is 51.8 Å². The Morgan fingerprint density at radius 3 is 2.16 bits per heavy atom. The van der Waals surface area contributed by atoms with Gasteiger partial charge in [0.2, 0.25) is 0 Å². The quantitative estimate of drug-likeness (QED) is 0.147. The van der Waals surface area contributed by atoms with Crippen LogP contribution in [0.5, 0.6) is 11.5 Å². The number of benzene rings is 2. The highest BCUT2D eigenvalue weighted by Gasteiger charge is 2.32. The topological polar surface area (TPSA) is 244 Å². The Bertz CT molecular complexity index is 1670. The molecule has 1 aromatic heterocycles. The van der Waals surface area contributed by atoms with Crippen molar-refractivity contribution in [2.75, 3.05) is 26.3 Å². The fourth-order valence-corrected chi connectivity index (χ4v) is 7.71. The Morgan fingerprint density at radius 2 is 1.72 bits per heavy atom. The number of ether oxygens (including phenoxy) is 2. The molecule has 20 heteroatoms. The van der Waals surface area contributed by atoms with Gasteiger partial charge in [-0.1, -0.05) is 6.07 Å². The number of carbonyl (C=O) groups excluding carboxylic acids is 1. The van der Waals surface area contributed by atoms with Gasteiger partial charge in [0.1, 0.15) is 54.2 Å². The van der Waals surface area contributed by atoms with Gasteiger partial charge in [-0.2, -0.15) is 23.2 Å². The van der Waals surface area contributed by atoms with E-state index in [1.165, 1.54) is 0 Å². The molecule has 43 heavy (non-hydrogen) atoms. The van der Waals surface area contributed by atoms with Gasteiger partial charge >= 0.3 is 6.18 Å². The van der Waals surface area contributed by atoms with E-state index in [9.17, 15) is 40.3 Å². The van der Waals surface area contributed by atoms with Crippen molar-refractivity contribution in [3.8, 4) is 17.6 Å². The van der Waals surface area contributed by atoms with Crippen LogP contribution in [-0.2, 0) is 19.4 Å². The third kappa shape index (κ3) is 9.32. The largest absolute Gasteiger partial charge is 0.777 e. The normalized spacial score (nSPS) is 13.8. The monoisotopic (exact) mass is 672 g/mol. The van der Waals surface area contributed by atoms with E-state index in [1.807, 2.05) is 4.72 Å². The number of thiophene rings is 1. The highest BCUT2D eigenvalue weighted by Crippen LogP contribution is 2.48. The van der Waals surface area contributed by atoms with E-state index in [2.05, 4.69) is 11.5 Å². The lowest BCUT2D eigenvalue weighted by atomic mass is 10.1. The first-order valence-electron chi connectivity index (χ1n) is 11.8. The van der Waals surface area contributed by atoms with E-state index in [1.54, 1.807) is 25.1 Å². The van der Waals surface area contributed by atoms with Gasteiger partial charge in [0.05, 0.1) is 5.56 Å². The number of nitrogens with zero attached hydrogens (tertiary/aromatic N) is 1. The molecule has 3 rings (SSSR count). The molecule has 0 aliphatic rings. The number of halogens is 4. The molecule has 0 fully saturated rings. The first-order valence-corrected chi connectivity index (χ1v) is 15.8.